The van der Waals surface area contributed by atoms with Crippen molar-refractivity contribution in [3.63, 3.8) is 0 Å². The van der Waals surface area contributed by atoms with Crippen molar-refractivity contribution in [1.82, 2.24) is 15.2 Å². The first-order valence-electron chi connectivity index (χ1n) is 5.96. The van der Waals surface area contributed by atoms with Crippen molar-refractivity contribution in [1.29, 1.82) is 0 Å². The molecule has 1 aliphatic heterocycles. The van der Waals surface area contributed by atoms with E-state index in [-0.39, 0.29) is 17.9 Å². The monoisotopic (exact) mass is 313 g/mol. The molecule has 0 radical (unpaired) electrons. The number of aromatic amines is 1. The Labute approximate surface area is 114 Å². The number of nitrogens with one attached hydrogen (secondary N) is 2. The molecule has 1 saturated heterocycles. The van der Waals surface area contributed by atoms with Crippen LogP contribution in [0.25, 0.3) is 0 Å². The molecule has 0 spiro atoms. The molecule has 0 unspecified atom stereocenters. The maximum absolute atomic E-state index is 12.1. The second-order valence-corrected chi connectivity index (χ2v) is 5.41. The Balaban J connectivity index is 1.90. The van der Waals surface area contributed by atoms with Gasteiger partial charge >= 0.3 is 0 Å². The van der Waals surface area contributed by atoms with E-state index in [2.05, 4.69) is 26.2 Å². The summed E-state index contributed by atoms with van der Waals surface area (Å²) in [7, 11) is 0. The molecule has 2 amide bonds. The molecule has 6 heteroatoms. The summed E-state index contributed by atoms with van der Waals surface area (Å²) >= 11 is 3.31. The van der Waals surface area contributed by atoms with Gasteiger partial charge in [0.1, 0.15) is 5.69 Å². The largest absolute Gasteiger partial charge is 0.356 e. The summed E-state index contributed by atoms with van der Waals surface area (Å²) in [4.78, 5) is 27.8. The van der Waals surface area contributed by atoms with Crippen molar-refractivity contribution < 1.29 is 9.59 Å². The minimum atomic E-state index is -0.00641. The maximum atomic E-state index is 12.1. The number of carbonyl (C=O) groups is 2. The molecule has 2 N–H and O–H groups in total. The lowest BCUT2D eigenvalue weighted by atomic mass is 10.0. The van der Waals surface area contributed by atoms with Crippen LogP contribution in [0.15, 0.2) is 16.7 Å². The average molecular weight is 314 g/mol. The fraction of sp³-hybridized carbons (Fsp3) is 0.500. The number of amides is 2. The van der Waals surface area contributed by atoms with Crippen molar-refractivity contribution in [2.75, 3.05) is 13.1 Å². The van der Waals surface area contributed by atoms with Gasteiger partial charge in [-0.2, -0.15) is 0 Å². The van der Waals surface area contributed by atoms with Crippen molar-refractivity contribution >= 4 is 27.7 Å². The molecule has 2 rings (SSSR count). The van der Waals surface area contributed by atoms with Crippen LogP contribution in [0, 0.1) is 0 Å². The average Bonchev–Trinajstić information content (AvgIpc) is 2.75. The number of H-pyrrole nitrogens is 1. The summed E-state index contributed by atoms with van der Waals surface area (Å²) in [5.74, 6) is 0.00931. The lowest BCUT2D eigenvalue weighted by Crippen LogP contribution is -2.46. The zero-order valence-electron chi connectivity index (χ0n) is 10.2. The van der Waals surface area contributed by atoms with Crippen LogP contribution >= 0.6 is 15.9 Å². The first kappa shape index (κ1) is 13.1. The van der Waals surface area contributed by atoms with Gasteiger partial charge in [-0.3, -0.25) is 9.59 Å². The Bertz CT molecular complexity index is 450. The predicted molar refractivity (Wildman–Crippen MR) is 71.2 cm³/mol. The highest BCUT2D eigenvalue weighted by Gasteiger charge is 2.24. The normalized spacial score (nSPS) is 16.7. The molecule has 98 valence electrons. The Kier molecular flexibility index (Phi) is 4.06. The van der Waals surface area contributed by atoms with Gasteiger partial charge in [-0.05, 0) is 34.8 Å². The van der Waals surface area contributed by atoms with E-state index in [0.29, 0.717) is 18.8 Å². The fourth-order valence-electron chi connectivity index (χ4n) is 2.18. The summed E-state index contributed by atoms with van der Waals surface area (Å²) < 4.78 is 0.874. The standard InChI is InChI=1S/C12H16BrN3O2/c1-8(17)15-10-2-4-16(5-3-10)12(18)11-6-9(13)7-14-11/h6-7,10,14H,2-5H2,1H3,(H,15,17). The highest BCUT2D eigenvalue weighted by atomic mass is 79.9. The molecule has 0 atom stereocenters. The van der Waals surface area contributed by atoms with Gasteiger partial charge in [0.05, 0.1) is 0 Å². The number of nitrogens with zero attached hydrogens (tertiary/aromatic N) is 1. The number of hydrogen-bond acceptors (Lipinski definition) is 2. The third kappa shape index (κ3) is 3.13. The number of halogens is 1. The lowest BCUT2D eigenvalue weighted by Gasteiger charge is -2.31. The number of carbonyl (C=O) groups excluding carboxylic acids is 2. The molecule has 5 nitrogen and oxygen atoms in total. The van der Waals surface area contributed by atoms with Crippen LogP contribution in [-0.4, -0.2) is 40.8 Å². The lowest BCUT2D eigenvalue weighted by molar-refractivity contribution is -0.119. The van der Waals surface area contributed by atoms with E-state index in [1.807, 2.05) is 4.90 Å². The maximum Gasteiger partial charge on any atom is 0.270 e. The van der Waals surface area contributed by atoms with Crippen molar-refractivity contribution in [2.45, 2.75) is 25.8 Å². The summed E-state index contributed by atoms with van der Waals surface area (Å²) in [6.07, 6.45) is 3.37. The molecule has 18 heavy (non-hydrogen) atoms. The van der Waals surface area contributed by atoms with Crippen LogP contribution in [0.4, 0.5) is 0 Å². The van der Waals surface area contributed by atoms with Crippen molar-refractivity contribution in [3.8, 4) is 0 Å². The number of likely N-dealkylation sites (tertiary alicyclic amines) is 1. The molecule has 1 aromatic rings. The highest BCUT2D eigenvalue weighted by Crippen LogP contribution is 2.16. The molecule has 0 saturated carbocycles. The molecular weight excluding hydrogens is 298 g/mol. The summed E-state index contributed by atoms with van der Waals surface area (Å²) in [6.45, 7) is 2.88. The second kappa shape index (κ2) is 5.56. The molecule has 0 aromatic carbocycles. The van der Waals surface area contributed by atoms with Gasteiger partial charge in [-0.1, -0.05) is 0 Å². The van der Waals surface area contributed by atoms with Gasteiger partial charge in [-0.25, -0.2) is 0 Å². The van der Waals surface area contributed by atoms with Gasteiger partial charge in [0.2, 0.25) is 5.91 Å². The Hall–Kier alpha value is -1.30. The Morgan fingerprint density at radius 3 is 2.61 bits per heavy atom. The Morgan fingerprint density at radius 2 is 2.11 bits per heavy atom. The molecule has 1 aliphatic rings. The number of hydrogen-bond donors (Lipinski definition) is 2. The van der Waals surface area contributed by atoms with E-state index in [1.54, 1.807) is 12.3 Å². The van der Waals surface area contributed by atoms with E-state index >= 15 is 0 Å². The van der Waals surface area contributed by atoms with Crippen LogP contribution < -0.4 is 5.32 Å². The predicted octanol–water partition coefficient (Wildman–Crippen LogP) is 1.52. The third-order valence-electron chi connectivity index (χ3n) is 3.07. The van der Waals surface area contributed by atoms with E-state index in [9.17, 15) is 9.59 Å². The molecule has 1 aromatic heterocycles. The first-order chi connectivity index (χ1) is 8.56. The molecule has 1 fully saturated rings. The molecule has 0 bridgehead atoms. The van der Waals surface area contributed by atoms with Gasteiger partial charge in [0.25, 0.3) is 5.91 Å². The van der Waals surface area contributed by atoms with Gasteiger partial charge < -0.3 is 15.2 Å². The first-order valence-corrected chi connectivity index (χ1v) is 6.76. The number of piperidine rings is 1. The van der Waals surface area contributed by atoms with Crippen molar-refractivity contribution in [3.05, 3.63) is 22.4 Å². The molecule has 0 aliphatic carbocycles. The minimum Gasteiger partial charge on any atom is -0.356 e. The molecule has 2 heterocycles. The van der Waals surface area contributed by atoms with Crippen LogP contribution in [0.3, 0.4) is 0 Å². The van der Waals surface area contributed by atoms with Crippen LogP contribution in [0.1, 0.15) is 30.3 Å². The number of aromatic nitrogens is 1. The fourth-order valence-corrected chi connectivity index (χ4v) is 2.52. The van der Waals surface area contributed by atoms with E-state index in [0.717, 1.165) is 17.3 Å². The van der Waals surface area contributed by atoms with Crippen LogP contribution in [0.2, 0.25) is 0 Å². The van der Waals surface area contributed by atoms with E-state index < -0.39 is 0 Å². The third-order valence-corrected chi connectivity index (χ3v) is 3.53. The van der Waals surface area contributed by atoms with E-state index in [4.69, 9.17) is 0 Å². The SMILES string of the molecule is CC(=O)NC1CCN(C(=O)c2cc(Br)c[nH]2)CC1. The topological polar surface area (TPSA) is 65.2 Å². The number of rotatable bonds is 2. The van der Waals surface area contributed by atoms with E-state index in [1.165, 1.54) is 6.92 Å². The second-order valence-electron chi connectivity index (χ2n) is 4.50. The van der Waals surface area contributed by atoms with Crippen LogP contribution in [-0.2, 0) is 4.79 Å². The molecular formula is C12H16BrN3O2. The van der Waals surface area contributed by atoms with Gasteiger partial charge in [0, 0.05) is 36.7 Å². The van der Waals surface area contributed by atoms with Gasteiger partial charge in [-0.15, -0.1) is 0 Å². The zero-order chi connectivity index (χ0) is 13.1. The quantitative estimate of drug-likeness (QED) is 0.869. The summed E-state index contributed by atoms with van der Waals surface area (Å²) in [5, 5.41) is 2.89. The van der Waals surface area contributed by atoms with Crippen molar-refractivity contribution in [2.24, 2.45) is 0 Å². The summed E-state index contributed by atoms with van der Waals surface area (Å²) in [5.41, 5.74) is 0.597. The smallest absolute Gasteiger partial charge is 0.270 e. The van der Waals surface area contributed by atoms with Gasteiger partial charge in [0.15, 0.2) is 0 Å². The summed E-state index contributed by atoms with van der Waals surface area (Å²) in [6, 6.07) is 1.98. The zero-order valence-corrected chi connectivity index (χ0v) is 11.8. The minimum absolute atomic E-state index is 0.00641. The van der Waals surface area contributed by atoms with Crippen LogP contribution in [0.5, 0.6) is 0 Å². The highest BCUT2D eigenvalue weighted by molar-refractivity contribution is 9.10. The Morgan fingerprint density at radius 1 is 1.44 bits per heavy atom.